The van der Waals surface area contributed by atoms with Crippen molar-refractivity contribution in [2.24, 2.45) is 5.92 Å². The van der Waals surface area contributed by atoms with Gasteiger partial charge < -0.3 is 15.3 Å². The first-order valence-corrected chi connectivity index (χ1v) is 6.86. The number of amides is 1. The zero-order valence-electron chi connectivity index (χ0n) is 10.7. The molecule has 1 aliphatic rings. The molecule has 0 radical (unpaired) electrons. The van der Waals surface area contributed by atoms with Crippen LogP contribution < -0.4 is 5.32 Å². The average Bonchev–Trinajstić information content (AvgIpc) is 3.23. The summed E-state index contributed by atoms with van der Waals surface area (Å²) < 4.78 is 0. The fourth-order valence-corrected chi connectivity index (χ4v) is 2.07. The van der Waals surface area contributed by atoms with E-state index in [0.29, 0.717) is 18.2 Å². The Morgan fingerprint density at radius 3 is 2.63 bits per heavy atom. The minimum Gasteiger partial charge on any atom is -0.395 e. The Hall–Kier alpha value is -1.46. The molecule has 0 saturated heterocycles. The lowest BCUT2D eigenvalue weighted by atomic mass is 10.2. The second kappa shape index (κ2) is 6.63. The van der Waals surface area contributed by atoms with Crippen molar-refractivity contribution in [1.29, 1.82) is 0 Å². The number of hydrogen-bond acceptors (Lipinski definition) is 3. The van der Waals surface area contributed by atoms with Crippen LogP contribution in [0.4, 0.5) is 0 Å². The normalized spacial score (nSPS) is 13.9. The third kappa shape index (κ3) is 4.29. The number of aliphatic hydroxyl groups is 1. The molecule has 0 atom stereocenters. The van der Waals surface area contributed by atoms with Crippen LogP contribution in [0.5, 0.6) is 0 Å². The highest BCUT2D eigenvalue weighted by atomic mass is 32.1. The van der Waals surface area contributed by atoms with Gasteiger partial charge in [-0.25, -0.2) is 0 Å². The van der Waals surface area contributed by atoms with E-state index >= 15 is 0 Å². The summed E-state index contributed by atoms with van der Waals surface area (Å²) in [4.78, 5) is 13.5. The quantitative estimate of drug-likeness (QED) is 0.797. The number of nitrogens with one attached hydrogen (secondary N) is 1. The molecule has 0 bridgehead atoms. The Morgan fingerprint density at radius 2 is 2.05 bits per heavy atom. The lowest BCUT2D eigenvalue weighted by Gasteiger charge is -2.24. The Kier molecular flexibility index (Phi) is 4.87. The minimum absolute atomic E-state index is 0.000927. The first-order chi connectivity index (χ1) is 9.20. The number of carbonyl (C=O) groups excluding carboxylic acids is 1. The van der Waals surface area contributed by atoms with E-state index in [1.807, 2.05) is 35.2 Å². The summed E-state index contributed by atoms with van der Waals surface area (Å²) in [5, 5.41) is 12.3. The van der Waals surface area contributed by atoms with Crippen molar-refractivity contribution in [3.8, 4) is 0 Å². The molecule has 1 aromatic rings. The topological polar surface area (TPSA) is 52.6 Å². The maximum atomic E-state index is 11.7. The van der Waals surface area contributed by atoms with Gasteiger partial charge in [0.2, 0.25) is 5.91 Å². The molecule has 19 heavy (non-hydrogen) atoms. The van der Waals surface area contributed by atoms with Crippen LogP contribution in [0.2, 0.25) is 0 Å². The minimum atomic E-state index is 0.000927. The molecule has 0 unspecified atom stereocenters. The van der Waals surface area contributed by atoms with Gasteiger partial charge >= 0.3 is 0 Å². The first kappa shape index (κ1) is 14.0. The Bertz CT molecular complexity index is 446. The van der Waals surface area contributed by atoms with Crippen molar-refractivity contribution >= 4 is 23.2 Å². The molecule has 2 rings (SSSR count). The molecule has 0 heterocycles. The second-order valence-electron chi connectivity index (χ2n) is 4.70. The average molecular weight is 278 g/mol. The van der Waals surface area contributed by atoms with Gasteiger partial charge in [0.25, 0.3) is 0 Å². The highest BCUT2D eigenvalue weighted by Gasteiger charge is 2.30. The van der Waals surface area contributed by atoms with Gasteiger partial charge in [-0.1, -0.05) is 30.3 Å². The summed E-state index contributed by atoms with van der Waals surface area (Å²) >= 11 is 5.25. The molecule has 5 heteroatoms. The molecule has 2 N–H and O–H groups in total. The molecule has 102 valence electrons. The number of benzene rings is 1. The van der Waals surface area contributed by atoms with Crippen molar-refractivity contribution in [2.45, 2.75) is 19.4 Å². The third-order valence-electron chi connectivity index (χ3n) is 3.05. The zero-order valence-corrected chi connectivity index (χ0v) is 11.5. The Morgan fingerprint density at radius 1 is 1.37 bits per heavy atom. The number of carbonyl (C=O) groups is 1. The lowest BCUT2D eigenvalue weighted by Crippen LogP contribution is -2.44. The van der Waals surface area contributed by atoms with Crippen molar-refractivity contribution in [1.82, 2.24) is 10.2 Å². The predicted octanol–water partition coefficient (Wildman–Crippen LogP) is 1.29. The van der Waals surface area contributed by atoms with Gasteiger partial charge in [0.15, 0.2) is 5.11 Å². The molecule has 0 aromatic heterocycles. The first-order valence-electron chi connectivity index (χ1n) is 6.45. The molecule has 4 nitrogen and oxygen atoms in total. The van der Waals surface area contributed by atoms with Crippen molar-refractivity contribution in [3.63, 3.8) is 0 Å². The molecular formula is C14H18N2O2S. The summed E-state index contributed by atoms with van der Waals surface area (Å²) in [6.07, 6.45) is 1.90. The standard InChI is InChI=1S/C14H18N2O2S/c17-9-8-16(10-11-4-2-1-3-5-11)14(19)15-13(18)12-6-7-12/h1-5,12,17H,6-10H2,(H,15,18,19). The fraction of sp³-hybridized carbons (Fsp3) is 0.429. The van der Waals surface area contributed by atoms with E-state index in [1.54, 1.807) is 0 Å². The largest absolute Gasteiger partial charge is 0.395 e. The van der Waals surface area contributed by atoms with Gasteiger partial charge in [-0.15, -0.1) is 0 Å². The van der Waals surface area contributed by atoms with Gasteiger partial charge in [0.05, 0.1) is 6.61 Å². The van der Waals surface area contributed by atoms with Gasteiger partial charge in [-0.3, -0.25) is 4.79 Å². The molecular weight excluding hydrogens is 260 g/mol. The van der Waals surface area contributed by atoms with Gasteiger partial charge in [0, 0.05) is 19.0 Å². The van der Waals surface area contributed by atoms with E-state index in [2.05, 4.69) is 5.32 Å². The fourth-order valence-electron chi connectivity index (χ4n) is 1.81. The molecule has 0 aliphatic heterocycles. The smallest absolute Gasteiger partial charge is 0.229 e. The summed E-state index contributed by atoms with van der Waals surface area (Å²) in [5.41, 5.74) is 1.10. The number of nitrogens with zero attached hydrogens (tertiary/aromatic N) is 1. The van der Waals surface area contributed by atoms with E-state index in [-0.39, 0.29) is 18.4 Å². The zero-order chi connectivity index (χ0) is 13.7. The third-order valence-corrected chi connectivity index (χ3v) is 3.41. The molecule has 1 saturated carbocycles. The second-order valence-corrected chi connectivity index (χ2v) is 5.09. The Balaban J connectivity index is 1.94. The maximum absolute atomic E-state index is 11.7. The van der Waals surface area contributed by atoms with Crippen molar-refractivity contribution in [3.05, 3.63) is 35.9 Å². The van der Waals surface area contributed by atoms with Crippen LogP contribution in [0.25, 0.3) is 0 Å². The highest BCUT2D eigenvalue weighted by molar-refractivity contribution is 7.80. The molecule has 1 fully saturated rings. The molecule has 0 spiro atoms. The van der Waals surface area contributed by atoms with Gasteiger partial charge in [-0.2, -0.15) is 0 Å². The van der Waals surface area contributed by atoms with E-state index < -0.39 is 0 Å². The van der Waals surface area contributed by atoms with E-state index in [1.165, 1.54) is 0 Å². The molecule has 1 aromatic carbocycles. The maximum Gasteiger partial charge on any atom is 0.229 e. The number of hydrogen-bond donors (Lipinski definition) is 2. The van der Waals surface area contributed by atoms with Crippen LogP contribution in [0.1, 0.15) is 18.4 Å². The Labute approximate surface area is 118 Å². The van der Waals surface area contributed by atoms with Gasteiger partial charge in [0.1, 0.15) is 0 Å². The summed E-state index contributed by atoms with van der Waals surface area (Å²) in [7, 11) is 0. The summed E-state index contributed by atoms with van der Waals surface area (Å²) in [6.45, 7) is 1.01. The summed E-state index contributed by atoms with van der Waals surface area (Å²) in [5.74, 6) is 0.131. The van der Waals surface area contributed by atoms with Crippen LogP contribution in [0.15, 0.2) is 30.3 Å². The van der Waals surface area contributed by atoms with Gasteiger partial charge in [-0.05, 0) is 30.6 Å². The van der Waals surface area contributed by atoms with Crippen LogP contribution >= 0.6 is 12.2 Å². The highest BCUT2D eigenvalue weighted by Crippen LogP contribution is 2.28. The van der Waals surface area contributed by atoms with E-state index in [0.717, 1.165) is 18.4 Å². The van der Waals surface area contributed by atoms with E-state index in [4.69, 9.17) is 17.3 Å². The van der Waals surface area contributed by atoms with Crippen molar-refractivity contribution < 1.29 is 9.90 Å². The number of thiocarbonyl (C=S) groups is 1. The summed E-state index contributed by atoms with van der Waals surface area (Å²) in [6, 6.07) is 9.86. The van der Waals surface area contributed by atoms with Crippen LogP contribution in [-0.2, 0) is 11.3 Å². The van der Waals surface area contributed by atoms with Crippen LogP contribution in [0, 0.1) is 5.92 Å². The monoisotopic (exact) mass is 278 g/mol. The predicted molar refractivity (Wildman–Crippen MR) is 77.4 cm³/mol. The molecule has 1 amide bonds. The van der Waals surface area contributed by atoms with Crippen molar-refractivity contribution in [2.75, 3.05) is 13.2 Å². The van der Waals surface area contributed by atoms with Crippen LogP contribution in [-0.4, -0.2) is 34.2 Å². The number of rotatable bonds is 5. The van der Waals surface area contributed by atoms with E-state index in [9.17, 15) is 4.79 Å². The molecule has 1 aliphatic carbocycles. The SMILES string of the molecule is O=C(NC(=S)N(CCO)Cc1ccccc1)C1CC1. The lowest BCUT2D eigenvalue weighted by molar-refractivity contribution is -0.121. The number of aliphatic hydroxyl groups excluding tert-OH is 1. The van der Waals surface area contributed by atoms with Crippen LogP contribution in [0.3, 0.4) is 0 Å².